The number of ether oxygens (including phenoxy) is 1. The van der Waals surface area contributed by atoms with Gasteiger partial charge < -0.3 is 4.74 Å². The highest BCUT2D eigenvalue weighted by Crippen LogP contribution is 2.44. The average Bonchev–Trinajstić information content (AvgIpc) is 2.87. The lowest BCUT2D eigenvalue weighted by molar-refractivity contribution is -0.145. The molecular weight excluding hydrogens is 238 g/mol. The molecule has 1 aromatic carbocycles. The molecule has 96 valence electrons. The number of esters is 1. The maximum absolute atomic E-state index is 11.5. The average molecular weight is 253 g/mol. The second-order valence-corrected chi connectivity index (χ2v) is 5.54. The lowest BCUT2D eigenvalue weighted by Gasteiger charge is -2.25. The van der Waals surface area contributed by atoms with Crippen molar-refractivity contribution >= 4 is 5.97 Å². The van der Waals surface area contributed by atoms with Crippen molar-refractivity contribution in [1.29, 1.82) is 0 Å². The van der Waals surface area contributed by atoms with Crippen LogP contribution < -0.4 is 0 Å². The number of fused-ring (bicyclic) bond motifs is 1. The number of hydrogen-bond donors (Lipinski definition) is 0. The molecule has 2 bridgehead atoms. The number of hydrogen-bond acceptors (Lipinski definition) is 3. The van der Waals surface area contributed by atoms with E-state index in [1.807, 2.05) is 6.07 Å². The first kappa shape index (κ1) is 11.0. The van der Waals surface area contributed by atoms with E-state index in [1.165, 1.54) is 5.56 Å². The van der Waals surface area contributed by atoms with Crippen molar-refractivity contribution in [2.75, 3.05) is 6.54 Å². The summed E-state index contributed by atoms with van der Waals surface area (Å²) >= 11 is 0. The minimum Gasteiger partial charge on any atom is -0.450 e. The molecule has 3 nitrogen and oxygen atoms in total. The quantitative estimate of drug-likeness (QED) is 0.755. The summed E-state index contributed by atoms with van der Waals surface area (Å²) in [6, 6.07) is 10.8. The monoisotopic (exact) mass is 253 g/mol. The van der Waals surface area contributed by atoms with Crippen LogP contribution in [0.3, 0.4) is 0 Å². The van der Waals surface area contributed by atoms with Crippen LogP contribution in [0.25, 0.3) is 0 Å². The zero-order valence-corrected chi connectivity index (χ0v) is 10.6. The van der Waals surface area contributed by atoms with Crippen LogP contribution in [0, 0.1) is 0 Å². The molecule has 4 rings (SSSR count). The molecule has 3 heteroatoms. The van der Waals surface area contributed by atoms with Gasteiger partial charge in [-0.3, -0.25) is 4.90 Å². The van der Waals surface area contributed by atoms with E-state index < -0.39 is 0 Å². The third kappa shape index (κ3) is 1.65. The van der Waals surface area contributed by atoms with Gasteiger partial charge in [-0.05, 0) is 5.56 Å². The Balaban J connectivity index is 1.61. The van der Waals surface area contributed by atoms with Crippen molar-refractivity contribution < 1.29 is 9.53 Å². The standard InChI is InChI=1S/C16H15NO2/c18-15-8-13-6-7-14-9-16(13,19-15)11-17(14)10-12-4-2-1-3-5-12/h1-8,14H,9-11H2/t14-,16-/m1/s1. The van der Waals surface area contributed by atoms with Gasteiger partial charge in [0.2, 0.25) is 0 Å². The molecule has 0 radical (unpaired) electrons. The molecule has 0 N–H and O–H groups in total. The third-order valence-corrected chi connectivity index (χ3v) is 4.29. The van der Waals surface area contributed by atoms with Crippen molar-refractivity contribution in [3.63, 3.8) is 0 Å². The lowest BCUT2D eigenvalue weighted by atomic mass is 9.87. The number of carbonyl (C=O) groups excluding carboxylic acids is 1. The summed E-state index contributed by atoms with van der Waals surface area (Å²) in [6.45, 7) is 1.71. The summed E-state index contributed by atoms with van der Waals surface area (Å²) in [5, 5.41) is 0. The Hall–Kier alpha value is -1.87. The van der Waals surface area contributed by atoms with Gasteiger partial charge in [0.25, 0.3) is 0 Å². The van der Waals surface area contributed by atoms with E-state index in [2.05, 4.69) is 41.3 Å². The number of likely N-dealkylation sites (tertiary alicyclic amines) is 1. The van der Waals surface area contributed by atoms with Crippen LogP contribution in [-0.4, -0.2) is 29.1 Å². The van der Waals surface area contributed by atoms with Gasteiger partial charge in [-0.2, -0.15) is 0 Å². The smallest absolute Gasteiger partial charge is 0.332 e. The molecule has 2 atom stereocenters. The SMILES string of the molecule is O=C1C=C2C=C[C@@H]3C[C@]2(CN3Cc2ccccc2)O1. The Bertz CT molecular complexity index is 590. The Morgan fingerprint density at radius 2 is 2.16 bits per heavy atom. The van der Waals surface area contributed by atoms with E-state index in [-0.39, 0.29) is 11.6 Å². The molecule has 0 saturated carbocycles. The molecule has 1 saturated heterocycles. The van der Waals surface area contributed by atoms with E-state index in [4.69, 9.17) is 4.74 Å². The zero-order chi connectivity index (χ0) is 12.9. The largest absolute Gasteiger partial charge is 0.450 e. The van der Waals surface area contributed by atoms with Crippen molar-refractivity contribution in [3.05, 3.63) is 59.7 Å². The van der Waals surface area contributed by atoms with Gasteiger partial charge in [0.15, 0.2) is 5.60 Å². The van der Waals surface area contributed by atoms with E-state index >= 15 is 0 Å². The van der Waals surface area contributed by atoms with E-state index in [0.29, 0.717) is 6.04 Å². The van der Waals surface area contributed by atoms with E-state index in [0.717, 1.165) is 25.1 Å². The number of rotatable bonds is 2. The van der Waals surface area contributed by atoms with Crippen LogP contribution in [0.5, 0.6) is 0 Å². The van der Waals surface area contributed by atoms with Crippen LogP contribution in [0.2, 0.25) is 0 Å². The predicted octanol–water partition coefficient (Wildman–Crippen LogP) is 2.05. The molecule has 0 unspecified atom stereocenters. The topological polar surface area (TPSA) is 29.5 Å². The molecular formula is C16H15NO2. The van der Waals surface area contributed by atoms with Gasteiger partial charge in [0.05, 0.1) is 0 Å². The van der Waals surface area contributed by atoms with Crippen molar-refractivity contribution in [3.8, 4) is 0 Å². The molecule has 3 aliphatic rings. The van der Waals surface area contributed by atoms with E-state index in [9.17, 15) is 4.79 Å². The van der Waals surface area contributed by atoms with Crippen molar-refractivity contribution in [2.24, 2.45) is 0 Å². The number of benzene rings is 1. The summed E-state index contributed by atoms with van der Waals surface area (Å²) in [5.41, 5.74) is 1.98. The highest BCUT2D eigenvalue weighted by Gasteiger charge is 2.52. The van der Waals surface area contributed by atoms with Crippen LogP contribution in [0.15, 0.2) is 54.1 Å². The fraction of sp³-hybridized carbons (Fsp3) is 0.312. The molecule has 2 heterocycles. The van der Waals surface area contributed by atoms with Gasteiger partial charge in [0, 0.05) is 37.2 Å². The highest BCUT2D eigenvalue weighted by atomic mass is 16.6. The minimum atomic E-state index is -0.370. The normalized spacial score (nSPS) is 32.1. The third-order valence-electron chi connectivity index (χ3n) is 4.29. The van der Waals surface area contributed by atoms with Crippen molar-refractivity contribution in [2.45, 2.75) is 24.6 Å². The molecule has 1 fully saturated rings. The maximum Gasteiger partial charge on any atom is 0.332 e. The van der Waals surface area contributed by atoms with Crippen LogP contribution in [0.1, 0.15) is 12.0 Å². The Kier molecular flexibility index (Phi) is 2.21. The first-order valence-electron chi connectivity index (χ1n) is 6.67. The van der Waals surface area contributed by atoms with Crippen molar-refractivity contribution in [1.82, 2.24) is 4.90 Å². The van der Waals surface area contributed by atoms with E-state index in [1.54, 1.807) is 6.08 Å². The fourth-order valence-electron chi connectivity index (χ4n) is 3.39. The summed E-state index contributed by atoms with van der Waals surface area (Å²) in [7, 11) is 0. The Morgan fingerprint density at radius 3 is 3.00 bits per heavy atom. The number of nitrogens with zero attached hydrogens (tertiary/aromatic N) is 1. The first-order valence-corrected chi connectivity index (χ1v) is 6.67. The highest BCUT2D eigenvalue weighted by molar-refractivity contribution is 5.88. The van der Waals surface area contributed by atoms with Gasteiger partial charge in [0.1, 0.15) is 0 Å². The molecule has 2 aliphatic heterocycles. The van der Waals surface area contributed by atoms with Crippen LogP contribution >= 0.6 is 0 Å². The molecule has 0 aromatic heterocycles. The second-order valence-electron chi connectivity index (χ2n) is 5.54. The molecule has 1 spiro atoms. The van der Waals surface area contributed by atoms with Crippen LogP contribution in [0.4, 0.5) is 0 Å². The van der Waals surface area contributed by atoms with Gasteiger partial charge in [-0.15, -0.1) is 0 Å². The summed E-state index contributed by atoms with van der Waals surface area (Å²) in [4.78, 5) is 13.9. The maximum atomic E-state index is 11.5. The summed E-state index contributed by atoms with van der Waals surface area (Å²) < 4.78 is 5.59. The fourth-order valence-corrected chi connectivity index (χ4v) is 3.39. The van der Waals surface area contributed by atoms with Gasteiger partial charge in [-0.1, -0.05) is 42.5 Å². The summed E-state index contributed by atoms with van der Waals surface area (Å²) in [6.07, 6.45) is 6.79. The van der Waals surface area contributed by atoms with Crippen LogP contribution in [-0.2, 0) is 16.1 Å². The summed E-state index contributed by atoms with van der Waals surface area (Å²) in [5.74, 6) is -0.193. The van der Waals surface area contributed by atoms with Gasteiger partial charge in [-0.25, -0.2) is 4.79 Å². The first-order chi connectivity index (χ1) is 9.25. The second kappa shape index (κ2) is 3.81. The molecule has 0 amide bonds. The predicted molar refractivity (Wildman–Crippen MR) is 71.3 cm³/mol. The number of carbonyl (C=O) groups is 1. The molecule has 1 aliphatic carbocycles. The molecule has 1 aromatic rings. The Labute approximate surface area is 112 Å². The zero-order valence-electron chi connectivity index (χ0n) is 10.6. The molecule has 19 heavy (non-hydrogen) atoms. The lowest BCUT2D eigenvalue weighted by Crippen LogP contribution is -2.35. The Morgan fingerprint density at radius 1 is 1.32 bits per heavy atom. The minimum absolute atomic E-state index is 0.193. The van der Waals surface area contributed by atoms with Gasteiger partial charge >= 0.3 is 5.97 Å².